The fraction of sp³-hybridized carbons (Fsp3) is 0.200. The third kappa shape index (κ3) is 2.63. The van der Waals surface area contributed by atoms with E-state index in [1.54, 1.807) is 0 Å². The highest BCUT2D eigenvalue weighted by atomic mass is 15.0. The van der Waals surface area contributed by atoms with E-state index >= 15 is 0 Å². The van der Waals surface area contributed by atoms with E-state index in [1.165, 1.54) is 11.1 Å². The maximum Gasteiger partial charge on any atom is 0.137 e. The normalized spacial score (nSPS) is 11.0. The van der Waals surface area contributed by atoms with Crippen molar-refractivity contribution in [1.82, 2.24) is 19.7 Å². The van der Waals surface area contributed by atoms with Crippen LogP contribution in [0.2, 0.25) is 0 Å². The minimum absolute atomic E-state index is 0.767. The number of rotatable bonds is 4. The highest BCUT2D eigenvalue weighted by Crippen LogP contribution is 2.06. The van der Waals surface area contributed by atoms with Crippen LogP contribution in [0.3, 0.4) is 0 Å². The molecule has 4 heteroatoms. The van der Waals surface area contributed by atoms with Crippen molar-refractivity contribution in [3.8, 4) is 0 Å². The minimum atomic E-state index is 0.767. The molecule has 4 nitrogen and oxygen atoms in total. The minimum Gasteiger partial charge on any atom is -0.307 e. The molecule has 3 aromatic heterocycles. The van der Waals surface area contributed by atoms with Crippen LogP contribution in [-0.4, -0.2) is 14.4 Å². The Morgan fingerprint density at radius 2 is 2.16 bits per heavy atom. The molecule has 96 valence electrons. The lowest BCUT2D eigenvalue weighted by Crippen LogP contribution is -2.13. The lowest BCUT2D eigenvalue weighted by atomic mass is 10.1. The lowest BCUT2D eigenvalue weighted by Gasteiger charge is -2.05. The summed E-state index contributed by atoms with van der Waals surface area (Å²) in [6.45, 7) is 3.68. The van der Waals surface area contributed by atoms with Gasteiger partial charge < -0.3 is 9.72 Å². The van der Waals surface area contributed by atoms with E-state index in [9.17, 15) is 0 Å². The Morgan fingerprint density at radius 3 is 3.00 bits per heavy atom. The molecule has 0 bridgehead atoms. The number of hydrogen-bond acceptors (Lipinski definition) is 3. The largest absolute Gasteiger partial charge is 0.307 e. The lowest BCUT2D eigenvalue weighted by molar-refractivity contribution is 0.679. The molecule has 0 saturated heterocycles. The van der Waals surface area contributed by atoms with E-state index in [0.29, 0.717) is 0 Å². The molecule has 0 aliphatic rings. The maximum absolute atomic E-state index is 4.55. The van der Waals surface area contributed by atoms with Gasteiger partial charge in [-0.25, -0.2) is 4.98 Å². The van der Waals surface area contributed by atoms with Gasteiger partial charge in [-0.2, -0.15) is 0 Å². The molecule has 3 aromatic rings. The standard InChI is InChI=1S/C15H16N4/c1-12-8-16-6-5-13(12)9-17-10-14-11-19-7-3-2-4-15(19)18-14/h2-8,11,17H,9-10H2,1H3. The summed E-state index contributed by atoms with van der Waals surface area (Å²) in [5, 5.41) is 3.42. The van der Waals surface area contributed by atoms with Crippen LogP contribution in [0.4, 0.5) is 0 Å². The third-order valence-corrected chi connectivity index (χ3v) is 3.17. The molecule has 0 aromatic carbocycles. The Hall–Kier alpha value is -2.20. The van der Waals surface area contributed by atoms with Crippen LogP contribution in [0.15, 0.2) is 49.1 Å². The smallest absolute Gasteiger partial charge is 0.137 e. The Labute approximate surface area is 112 Å². The summed E-state index contributed by atoms with van der Waals surface area (Å²) in [6, 6.07) is 8.06. The second-order valence-corrected chi connectivity index (χ2v) is 4.60. The van der Waals surface area contributed by atoms with Crippen molar-refractivity contribution in [3.63, 3.8) is 0 Å². The number of fused-ring (bicyclic) bond motifs is 1. The van der Waals surface area contributed by atoms with Crippen molar-refractivity contribution in [2.45, 2.75) is 20.0 Å². The Balaban J connectivity index is 1.65. The Kier molecular flexibility index (Phi) is 3.25. The summed E-state index contributed by atoms with van der Waals surface area (Å²) < 4.78 is 2.04. The van der Waals surface area contributed by atoms with Gasteiger partial charge in [0, 0.05) is 37.9 Å². The second kappa shape index (κ2) is 5.20. The first-order chi connectivity index (χ1) is 9.33. The van der Waals surface area contributed by atoms with Crippen molar-refractivity contribution in [2.75, 3.05) is 0 Å². The van der Waals surface area contributed by atoms with Gasteiger partial charge >= 0.3 is 0 Å². The maximum atomic E-state index is 4.55. The van der Waals surface area contributed by atoms with E-state index in [-0.39, 0.29) is 0 Å². The van der Waals surface area contributed by atoms with Gasteiger partial charge in [-0.05, 0) is 36.2 Å². The highest BCUT2D eigenvalue weighted by Gasteiger charge is 2.01. The zero-order valence-electron chi connectivity index (χ0n) is 10.9. The molecule has 0 unspecified atom stereocenters. The molecule has 0 amide bonds. The molecular formula is C15H16N4. The molecule has 0 aliphatic carbocycles. The number of imidazole rings is 1. The monoisotopic (exact) mass is 252 g/mol. The predicted octanol–water partition coefficient (Wildman–Crippen LogP) is 2.33. The quantitative estimate of drug-likeness (QED) is 0.775. The summed E-state index contributed by atoms with van der Waals surface area (Å²) in [7, 11) is 0. The SMILES string of the molecule is Cc1cnccc1CNCc1cn2ccccc2n1. The number of nitrogens with zero attached hydrogens (tertiary/aromatic N) is 3. The molecule has 0 radical (unpaired) electrons. The Morgan fingerprint density at radius 1 is 1.21 bits per heavy atom. The summed E-state index contributed by atoms with van der Waals surface area (Å²) in [6.07, 6.45) is 7.79. The van der Waals surface area contributed by atoms with Gasteiger partial charge in [-0.3, -0.25) is 4.98 Å². The molecule has 3 rings (SSSR count). The van der Waals surface area contributed by atoms with E-state index in [1.807, 2.05) is 47.3 Å². The van der Waals surface area contributed by atoms with E-state index in [4.69, 9.17) is 0 Å². The molecule has 0 saturated carbocycles. The van der Waals surface area contributed by atoms with E-state index in [2.05, 4.69) is 28.4 Å². The summed E-state index contributed by atoms with van der Waals surface area (Å²) in [5.74, 6) is 0. The third-order valence-electron chi connectivity index (χ3n) is 3.17. The first kappa shape index (κ1) is 11.9. The fourth-order valence-electron chi connectivity index (χ4n) is 2.10. The summed E-state index contributed by atoms with van der Waals surface area (Å²) >= 11 is 0. The zero-order valence-corrected chi connectivity index (χ0v) is 10.9. The van der Waals surface area contributed by atoms with Crippen LogP contribution in [-0.2, 0) is 13.1 Å². The highest BCUT2D eigenvalue weighted by molar-refractivity contribution is 5.39. The van der Waals surface area contributed by atoms with Crippen molar-refractivity contribution in [3.05, 3.63) is 65.9 Å². The second-order valence-electron chi connectivity index (χ2n) is 4.60. The van der Waals surface area contributed by atoms with E-state index < -0.39 is 0 Å². The van der Waals surface area contributed by atoms with Gasteiger partial charge in [0.1, 0.15) is 5.65 Å². The van der Waals surface area contributed by atoms with Gasteiger partial charge in [0.05, 0.1) is 5.69 Å². The van der Waals surface area contributed by atoms with Crippen LogP contribution >= 0.6 is 0 Å². The van der Waals surface area contributed by atoms with Crippen LogP contribution in [0.5, 0.6) is 0 Å². The number of pyridine rings is 2. The number of hydrogen-bond donors (Lipinski definition) is 1. The van der Waals surface area contributed by atoms with E-state index in [0.717, 1.165) is 24.4 Å². The summed E-state index contributed by atoms with van der Waals surface area (Å²) in [5.41, 5.74) is 4.53. The van der Waals surface area contributed by atoms with Crippen molar-refractivity contribution in [1.29, 1.82) is 0 Å². The van der Waals surface area contributed by atoms with Gasteiger partial charge in [0.2, 0.25) is 0 Å². The van der Waals surface area contributed by atoms with Crippen LogP contribution in [0, 0.1) is 6.92 Å². The molecular weight excluding hydrogens is 236 g/mol. The number of aryl methyl sites for hydroxylation is 1. The van der Waals surface area contributed by atoms with Crippen LogP contribution < -0.4 is 5.32 Å². The molecule has 0 fully saturated rings. The molecule has 1 N–H and O–H groups in total. The molecule has 0 aliphatic heterocycles. The summed E-state index contributed by atoms with van der Waals surface area (Å²) in [4.78, 5) is 8.65. The zero-order chi connectivity index (χ0) is 13.1. The number of nitrogens with one attached hydrogen (secondary N) is 1. The van der Waals surface area contributed by atoms with Crippen molar-refractivity contribution in [2.24, 2.45) is 0 Å². The van der Waals surface area contributed by atoms with Crippen LogP contribution in [0.25, 0.3) is 5.65 Å². The number of aromatic nitrogens is 3. The fourth-order valence-corrected chi connectivity index (χ4v) is 2.10. The first-order valence-corrected chi connectivity index (χ1v) is 6.36. The van der Waals surface area contributed by atoms with Crippen LogP contribution in [0.1, 0.15) is 16.8 Å². The average Bonchev–Trinajstić information content (AvgIpc) is 2.83. The van der Waals surface area contributed by atoms with Crippen molar-refractivity contribution < 1.29 is 0 Å². The Bertz CT molecular complexity index is 654. The average molecular weight is 252 g/mol. The van der Waals surface area contributed by atoms with Gasteiger partial charge in [0.15, 0.2) is 0 Å². The first-order valence-electron chi connectivity index (χ1n) is 6.36. The molecule has 19 heavy (non-hydrogen) atoms. The predicted molar refractivity (Wildman–Crippen MR) is 74.7 cm³/mol. The van der Waals surface area contributed by atoms with Gasteiger partial charge in [-0.15, -0.1) is 0 Å². The van der Waals surface area contributed by atoms with Crippen molar-refractivity contribution >= 4 is 5.65 Å². The molecule has 0 atom stereocenters. The van der Waals surface area contributed by atoms with Gasteiger partial charge in [-0.1, -0.05) is 6.07 Å². The topological polar surface area (TPSA) is 42.2 Å². The molecule has 3 heterocycles. The van der Waals surface area contributed by atoms with Gasteiger partial charge in [0.25, 0.3) is 0 Å². The molecule has 0 spiro atoms.